The molecule has 0 aliphatic carbocycles. The van der Waals surface area contributed by atoms with Crippen molar-refractivity contribution in [1.82, 2.24) is 10.2 Å². The van der Waals surface area contributed by atoms with Crippen molar-refractivity contribution in [2.75, 3.05) is 10.8 Å². The van der Waals surface area contributed by atoms with E-state index in [1.807, 2.05) is 0 Å². The van der Waals surface area contributed by atoms with Gasteiger partial charge in [-0.25, -0.2) is 12.8 Å². The first kappa shape index (κ1) is 29.1. The molecule has 3 aromatic rings. The summed E-state index contributed by atoms with van der Waals surface area (Å²) in [5.41, 5.74) is -0.298. The third kappa shape index (κ3) is 7.11. The standard InChI is InChI=1S/C28H31ClFN3O4S/c1-20(27(35)31-28(2,3)4)32(18-21-12-8-10-16-24(21)30)26(34)19-33(25-17-11-9-15-23(25)29)38(36,37)22-13-6-5-7-14-22/h5-17,20H,18-19H2,1-4H3,(H,31,35). The molecule has 3 aromatic carbocycles. The van der Waals surface area contributed by atoms with Gasteiger partial charge in [0.25, 0.3) is 10.0 Å². The quantitative estimate of drug-likeness (QED) is 0.399. The second-order valence-electron chi connectivity index (χ2n) is 9.80. The maximum atomic E-state index is 14.6. The zero-order chi connectivity index (χ0) is 28.1. The van der Waals surface area contributed by atoms with E-state index in [4.69, 9.17) is 11.6 Å². The second-order valence-corrected chi connectivity index (χ2v) is 12.1. The maximum Gasteiger partial charge on any atom is 0.264 e. The Balaban J connectivity index is 2.05. The van der Waals surface area contributed by atoms with Crippen molar-refractivity contribution in [3.8, 4) is 0 Å². The molecule has 1 unspecified atom stereocenters. The van der Waals surface area contributed by atoms with Crippen molar-refractivity contribution < 1.29 is 22.4 Å². The lowest BCUT2D eigenvalue weighted by Crippen LogP contribution is -2.54. The summed E-state index contributed by atoms with van der Waals surface area (Å²) < 4.78 is 42.9. The summed E-state index contributed by atoms with van der Waals surface area (Å²) in [7, 11) is -4.23. The fourth-order valence-corrected chi connectivity index (χ4v) is 5.50. The van der Waals surface area contributed by atoms with E-state index in [0.717, 1.165) is 4.31 Å². The Bertz CT molecular complexity index is 1390. The molecule has 0 bridgehead atoms. The van der Waals surface area contributed by atoms with Crippen molar-refractivity contribution in [3.63, 3.8) is 0 Å². The largest absolute Gasteiger partial charge is 0.350 e. The van der Waals surface area contributed by atoms with Crippen LogP contribution < -0.4 is 9.62 Å². The molecule has 0 saturated carbocycles. The van der Waals surface area contributed by atoms with Gasteiger partial charge in [0.1, 0.15) is 18.4 Å². The fourth-order valence-electron chi connectivity index (χ4n) is 3.75. The molecule has 3 rings (SSSR count). The van der Waals surface area contributed by atoms with E-state index >= 15 is 0 Å². The summed E-state index contributed by atoms with van der Waals surface area (Å²) >= 11 is 6.37. The minimum Gasteiger partial charge on any atom is -0.350 e. The number of benzene rings is 3. The number of anilines is 1. The summed E-state index contributed by atoms with van der Waals surface area (Å²) in [4.78, 5) is 28.0. The van der Waals surface area contributed by atoms with Crippen LogP contribution in [-0.4, -0.2) is 43.3 Å². The van der Waals surface area contributed by atoms with Crippen LogP contribution in [0.25, 0.3) is 0 Å². The van der Waals surface area contributed by atoms with Crippen LogP contribution in [0.1, 0.15) is 33.3 Å². The summed E-state index contributed by atoms with van der Waals surface area (Å²) in [5, 5.41) is 2.95. The van der Waals surface area contributed by atoms with Crippen LogP contribution in [0.15, 0.2) is 83.8 Å². The van der Waals surface area contributed by atoms with Gasteiger partial charge in [0.2, 0.25) is 11.8 Å². The molecule has 38 heavy (non-hydrogen) atoms. The number of nitrogens with one attached hydrogen (secondary N) is 1. The zero-order valence-electron chi connectivity index (χ0n) is 21.7. The number of rotatable bonds is 9. The highest BCUT2D eigenvalue weighted by Crippen LogP contribution is 2.30. The van der Waals surface area contributed by atoms with Crippen LogP contribution in [0.4, 0.5) is 10.1 Å². The van der Waals surface area contributed by atoms with Crippen molar-refractivity contribution >= 4 is 39.1 Å². The van der Waals surface area contributed by atoms with Crippen LogP contribution in [0, 0.1) is 5.82 Å². The van der Waals surface area contributed by atoms with Gasteiger partial charge in [0, 0.05) is 17.6 Å². The van der Waals surface area contributed by atoms with E-state index in [9.17, 15) is 22.4 Å². The number of sulfonamides is 1. The van der Waals surface area contributed by atoms with Crippen molar-refractivity contribution in [2.45, 2.75) is 50.7 Å². The van der Waals surface area contributed by atoms with Gasteiger partial charge in [0.05, 0.1) is 15.6 Å². The van der Waals surface area contributed by atoms with Gasteiger partial charge in [-0.3, -0.25) is 13.9 Å². The maximum absolute atomic E-state index is 14.6. The van der Waals surface area contributed by atoms with Gasteiger partial charge in [-0.15, -0.1) is 0 Å². The Morgan fingerprint density at radius 1 is 0.947 bits per heavy atom. The van der Waals surface area contributed by atoms with E-state index in [1.54, 1.807) is 57.2 Å². The fraction of sp³-hybridized carbons (Fsp3) is 0.286. The molecule has 0 aromatic heterocycles. The lowest BCUT2D eigenvalue weighted by Gasteiger charge is -2.33. The molecule has 1 N–H and O–H groups in total. The van der Waals surface area contributed by atoms with Gasteiger partial charge in [-0.2, -0.15) is 0 Å². The zero-order valence-corrected chi connectivity index (χ0v) is 23.3. The van der Waals surface area contributed by atoms with E-state index < -0.39 is 45.8 Å². The minimum atomic E-state index is -4.23. The Morgan fingerprint density at radius 3 is 2.13 bits per heavy atom. The molecule has 0 fully saturated rings. The van der Waals surface area contributed by atoms with Crippen molar-refractivity contribution in [1.29, 1.82) is 0 Å². The molecule has 0 radical (unpaired) electrons. The normalized spacial score (nSPS) is 12.5. The summed E-state index contributed by atoms with van der Waals surface area (Å²) in [6.07, 6.45) is 0. The molecular formula is C28H31ClFN3O4S. The van der Waals surface area contributed by atoms with Crippen LogP contribution in [0.2, 0.25) is 5.02 Å². The first-order valence-electron chi connectivity index (χ1n) is 12.0. The monoisotopic (exact) mass is 559 g/mol. The van der Waals surface area contributed by atoms with Crippen LogP contribution in [0.5, 0.6) is 0 Å². The molecule has 1 atom stereocenters. The number of halogens is 2. The predicted octanol–water partition coefficient (Wildman–Crippen LogP) is 5.01. The Morgan fingerprint density at radius 2 is 1.53 bits per heavy atom. The number of nitrogens with zero attached hydrogens (tertiary/aromatic N) is 2. The third-order valence-corrected chi connectivity index (χ3v) is 7.79. The average molecular weight is 560 g/mol. The Hall–Kier alpha value is -3.43. The summed E-state index contributed by atoms with van der Waals surface area (Å²) in [5.74, 6) is -1.71. The highest BCUT2D eigenvalue weighted by atomic mass is 35.5. The molecule has 10 heteroatoms. The van der Waals surface area contributed by atoms with Crippen LogP contribution >= 0.6 is 11.6 Å². The number of carbonyl (C=O) groups is 2. The average Bonchev–Trinajstić information content (AvgIpc) is 2.86. The van der Waals surface area contributed by atoms with Crippen molar-refractivity contribution in [3.05, 3.63) is 95.3 Å². The molecule has 2 amide bonds. The number of amides is 2. The lowest BCUT2D eigenvalue weighted by atomic mass is 10.1. The molecule has 7 nitrogen and oxygen atoms in total. The van der Waals surface area contributed by atoms with Crippen molar-refractivity contribution in [2.24, 2.45) is 0 Å². The van der Waals surface area contributed by atoms with E-state index in [-0.39, 0.29) is 27.7 Å². The highest BCUT2D eigenvalue weighted by Gasteiger charge is 2.34. The second kappa shape index (κ2) is 12.0. The Kier molecular flexibility index (Phi) is 9.17. The van der Waals surface area contributed by atoms with Gasteiger partial charge >= 0.3 is 0 Å². The lowest BCUT2D eigenvalue weighted by molar-refractivity contribution is -0.140. The summed E-state index contributed by atoms with van der Waals surface area (Å²) in [6, 6.07) is 18.8. The number of hydrogen-bond donors (Lipinski definition) is 1. The van der Waals surface area contributed by atoms with E-state index in [0.29, 0.717) is 0 Å². The predicted molar refractivity (Wildman–Crippen MR) is 147 cm³/mol. The van der Waals surface area contributed by atoms with Crippen LogP contribution in [0.3, 0.4) is 0 Å². The molecule has 0 heterocycles. The molecule has 0 aliphatic heterocycles. The molecule has 0 aliphatic rings. The van der Waals surface area contributed by atoms with Gasteiger partial charge < -0.3 is 10.2 Å². The number of para-hydroxylation sites is 1. The topological polar surface area (TPSA) is 86.8 Å². The first-order chi connectivity index (χ1) is 17.8. The molecule has 0 saturated heterocycles. The number of hydrogen-bond acceptors (Lipinski definition) is 4. The third-order valence-electron chi connectivity index (χ3n) is 5.70. The van der Waals surface area contributed by atoms with Gasteiger partial charge in [-0.1, -0.05) is 60.1 Å². The number of carbonyl (C=O) groups excluding carboxylic acids is 2. The first-order valence-corrected chi connectivity index (χ1v) is 13.8. The SMILES string of the molecule is CC(C(=O)NC(C)(C)C)N(Cc1ccccc1F)C(=O)CN(c1ccccc1Cl)S(=O)(=O)c1ccccc1. The van der Waals surface area contributed by atoms with Crippen LogP contribution in [-0.2, 0) is 26.2 Å². The molecule has 0 spiro atoms. The summed E-state index contributed by atoms with van der Waals surface area (Å²) in [6.45, 7) is 6.00. The Labute approximate surface area is 228 Å². The molecular weight excluding hydrogens is 529 g/mol. The van der Waals surface area contributed by atoms with Gasteiger partial charge in [-0.05, 0) is 58.0 Å². The van der Waals surface area contributed by atoms with E-state index in [2.05, 4.69) is 5.32 Å². The van der Waals surface area contributed by atoms with E-state index in [1.165, 1.54) is 54.3 Å². The van der Waals surface area contributed by atoms with Gasteiger partial charge in [0.15, 0.2) is 0 Å². The smallest absolute Gasteiger partial charge is 0.264 e. The highest BCUT2D eigenvalue weighted by molar-refractivity contribution is 7.92. The molecule has 202 valence electrons. The minimum absolute atomic E-state index is 0.0353.